The highest BCUT2D eigenvalue weighted by atomic mass is 16.2. The Labute approximate surface area is 112 Å². The third kappa shape index (κ3) is 3.08. The summed E-state index contributed by atoms with van der Waals surface area (Å²) in [7, 11) is 0. The van der Waals surface area contributed by atoms with E-state index in [0.29, 0.717) is 24.3 Å². The summed E-state index contributed by atoms with van der Waals surface area (Å²) in [6.45, 7) is 5.39. The van der Waals surface area contributed by atoms with Gasteiger partial charge in [0.1, 0.15) is 5.69 Å². The van der Waals surface area contributed by atoms with Gasteiger partial charge >= 0.3 is 0 Å². The third-order valence-electron chi connectivity index (χ3n) is 3.11. The molecular weight excluding hydrogens is 244 g/mol. The average molecular weight is 262 g/mol. The van der Waals surface area contributed by atoms with Gasteiger partial charge < -0.3 is 16.0 Å². The smallest absolute Gasteiger partial charge is 0.272 e. The van der Waals surface area contributed by atoms with Crippen LogP contribution in [0.2, 0.25) is 0 Å². The molecule has 2 amide bonds. The molecule has 19 heavy (non-hydrogen) atoms. The molecule has 3 N–H and O–H groups in total. The van der Waals surface area contributed by atoms with Crippen LogP contribution in [0.4, 0.5) is 0 Å². The van der Waals surface area contributed by atoms with Gasteiger partial charge in [0, 0.05) is 31.4 Å². The number of nitrogens with two attached hydrogens (primary N) is 1. The summed E-state index contributed by atoms with van der Waals surface area (Å²) in [4.78, 5) is 29.0. The first-order valence-electron chi connectivity index (χ1n) is 6.28. The highest BCUT2D eigenvalue weighted by molar-refractivity contribution is 5.95. The Kier molecular flexibility index (Phi) is 3.80. The number of nitrogens with zero attached hydrogens (tertiary/aromatic N) is 2. The molecule has 1 aliphatic heterocycles. The number of aromatic nitrogens is 1. The van der Waals surface area contributed by atoms with Crippen molar-refractivity contribution in [2.75, 3.05) is 13.1 Å². The van der Waals surface area contributed by atoms with Crippen LogP contribution >= 0.6 is 0 Å². The number of rotatable bonds is 2. The largest absolute Gasteiger partial charge is 0.366 e. The first kappa shape index (κ1) is 13.5. The molecule has 0 bridgehead atoms. The molecule has 2 rings (SSSR count). The molecule has 1 aliphatic rings. The van der Waals surface area contributed by atoms with Crippen molar-refractivity contribution in [3.05, 3.63) is 29.6 Å². The zero-order chi connectivity index (χ0) is 14.0. The number of hydrogen-bond acceptors (Lipinski definition) is 4. The standard InChI is InChI=1S/C13H18N4O2/c1-8-6-17(7-9(2)16-8)13(19)11-4-3-10(5-15-11)12(14)18/h3-5,8-9,16H,6-7H2,1-2H3,(H2,14,18). The fourth-order valence-electron chi connectivity index (χ4n) is 2.32. The average Bonchev–Trinajstić information content (AvgIpc) is 2.37. The Balaban J connectivity index is 2.12. The van der Waals surface area contributed by atoms with Gasteiger partial charge in [-0.25, -0.2) is 0 Å². The minimum absolute atomic E-state index is 0.115. The van der Waals surface area contributed by atoms with Crippen LogP contribution in [0.15, 0.2) is 18.3 Å². The van der Waals surface area contributed by atoms with Gasteiger partial charge in [0.25, 0.3) is 5.91 Å². The second-order valence-electron chi connectivity index (χ2n) is 4.98. The molecule has 1 aromatic heterocycles. The first-order valence-corrected chi connectivity index (χ1v) is 6.28. The summed E-state index contributed by atoms with van der Waals surface area (Å²) in [5.41, 5.74) is 5.78. The van der Waals surface area contributed by atoms with Gasteiger partial charge in [0.15, 0.2) is 0 Å². The number of piperazine rings is 1. The number of carbonyl (C=O) groups excluding carboxylic acids is 2. The monoisotopic (exact) mass is 262 g/mol. The summed E-state index contributed by atoms with van der Waals surface area (Å²) in [6, 6.07) is 3.59. The first-order chi connectivity index (χ1) is 8.97. The van der Waals surface area contributed by atoms with E-state index in [1.165, 1.54) is 12.3 Å². The predicted molar refractivity (Wildman–Crippen MR) is 70.7 cm³/mol. The third-order valence-corrected chi connectivity index (χ3v) is 3.11. The number of nitrogens with one attached hydrogen (secondary N) is 1. The molecule has 1 fully saturated rings. The summed E-state index contributed by atoms with van der Waals surface area (Å²) >= 11 is 0. The van der Waals surface area contributed by atoms with Crippen molar-refractivity contribution in [2.24, 2.45) is 5.73 Å². The molecule has 2 heterocycles. The second-order valence-corrected chi connectivity index (χ2v) is 4.98. The topological polar surface area (TPSA) is 88.3 Å². The maximum absolute atomic E-state index is 12.3. The molecule has 6 heteroatoms. The molecule has 0 saturated carbocycles. The Morgan fingerprint density at radius 1 is 1.32 bits per heavy atom. The van der Waals surface area contributed by atoms with Gasteiger partial charge in [-0.15, -0.1) is 0 Å². The SMILES string of the molecule is CC1CN(C(=O)c2ccc(C(N)=O)cn2)CC(C)N1. The number of pyridine rings is 1. The van der Waals surface area contributed by atoms with Crippen LogP contribution in [0.25, 0.3) is 0 Å². The van der Waals surface area contributed by atoms with Crippen LogP contribution in [0, 0.1) is 0 Å². The van der Waals surface area contributed by atoms with E-state index in [2.05, 4.69) is 10.3 Å². The van der Waals surface area contributed by atoms with Crippen LogP contribution in [0.5, 0.6) is 0 Å². The summed E-state index contributed by atoms with van der Waals surface area (Å²) in [6.07, 6.45) is 1.34. The molecule has 6 nitrogen and oxygen atoms in total. The molecule has 1 saturated heterocycles. The van der Waals surface area contributed by atoms with E-state index in [1.807, 2.05) is 13.8 Å². The predicted octanol–water partition coefficient (Wildman–Crippen LogP) is 0.00290. The van der Waals surface area contributed by atoms with Crippen molar-refractivity contribution < 1.29 is 9.59 Å². The van der Waals surface area contributed by atoms with Crippen LogP contribution in [-0.4, -0.2) is 46.9 Å². The highest BCUT2D eigenvalue weighted by Gasteiger charge is 2.26. The lowest BCUT2D eigenvalue weighted by Gasteiger charge is -2.35. The highest BCUT2D eigenvalue weighted by Crippen LogP contribution is 2.09. The molecule has 0 radical (unpaired) electrons. The van der Waals surface area contributed by atoms with Crippen molar-refractivity contribution in [1.29, 1.82) is 0 Å². The minimum Gasteiger partial charge on any atom is -0.366 e. The maximum Gasteiger partial charge on any atom is 0.272 e. The van der Waals surface area contributed by atoms with Crippen molar-refractivity contribution in [3.63, 3.8) is 0 Å². The fourth-order valence-corrected chi connectivity index (χ4v) is 2.32. The molecule has 2 atom stereocenters. The van der Waals surface area contributed by atoms with Gasteiger partial charge in [0.05, 0.1) is 5.56 Å². The summed E-state index contributed by atoms with van der Waals surface area (Å²) < 4.78 is 0. The quantitative estimate of drug-likeness (QED) is 0.785. The van der Waals surface area contributed by atoms with Crippen LogP contribution < -0.4 is 11.1 Å². The molecule has 1 aromatic rings. The van der Waals surface area contributed by atoms with E-state index in [-0.39, 0.29) is 18.0 Å². The Morgan fingerprint density at radius 2 is 1.95 bits per heavy atom. The van der Waals surface area contributed by atoms with Crippen molar-refractivity contribution in [3.8, 4) is 0 Å². The van der Waals surface area contributed by atoms with E-state index in [1.54, 1.807) is 11.0 Å². The lowest BCUT2D eigenvalue weighted by Crippen LogP contribution is -2.55. The van der Waals surface area contributed by atoms with E-state index in [0.717, 1.165) is 0 Å². The van der Waals surface area contributed by atoms with E-state index in [9.17, 15) is 9.59 Å². The van der Waals surface area contributed by atoms with Crippen LogP contribution in [0.3, 0.4) is 0 Å². The lowest BCUT2D eigenvalue weighted by atomic mass is 10.1. The number of primary amides is 1. The number of hydrogen-bond donors (Lipinski definition) is 2. The van der Waals surface area contributed by atoms with Gasteiger partial charge in [0.2, 0.25) is 5.91 Å². The van der Waals surface area contributed by atoms with Crippen molar-refractivity contribution in [1.82, 2.24) is 15.2 Å². The second kappa shape index (κ2) is 5.36. The van der Waals surface area contributed by atoms with Gasteiger partial charge in [-0.2, -0.15) is 0 Å². The zero-order valence-corrected chi connectivity index (χ0v) is 11.1. The van der Waals surface area contributed by atoms with Crippen molar-refractivity contribution in [2.45, 2.75) is 25.9 Å². The Morgan fingerprint density at radius 3 is 2.42 bits per heavy atom. The minimum atomic E-state index is -0.545. The number of carbonyl (C=O) groups is 2. The van der Waals surface area contributed by atoms with Gasteiger partial charge in [-0.05, 0) is 26.0 Å². The van der Waals surface area contributed by atoms with Gasteiger partial charge in [-0.1, -0.05) is 0 Å². The zero-order valence-electron chi connectivity index (χ0n) is 11.1. The molecule has 2 unspecified atom stereocenters. The number of amides is 2. The maximum atomic E-state index is 12.3. The molecular formula is C13H18N4O2. The normalized spacial score (nSPS) is 23.2. The van der Waals surface area contributed by atoms with E-state index in [4.69, 9.17) is 5.73 Å². The lowest BCUT2D eigenvalue weighted by molar-refractivity contribution is 0.0667. The summed E-state index contributed by atoms with van der Waals surface area (Å²) in [5, 5.41) is 3.36. The Hall–Kier alpha value is -1.95. The summed E-state index contributed by atoms with van der Waals surface area (Å²) in [5.74, 6) is -0.660. The fraction of sp³-hybridized carbons (Fsp3) is 0.462. The van der Waals surface area contributed by atoms with Crippen LogP contribution in [0.1, 0.15) is 34.7 Å². The van der Waals surface area contributed by atoms with Gasteiger partial charge in [-0.3, -0.25) is 14.6 Å². The molecule has 0 aliphatic carbocycles. The Bertz CT molecular complexity index is 476. The van der Waals surface area contributed by atoms with Crippen molar-refractivity contribution >= 4 is 11.8 Å². The van der Waals surface area contributed by atoms with Crippen LogP contribution in [-0.2, 0) is 0 Å². The van der Waals surface area contributed by atoms with E-state index >= 15 is 0 Å². The molecule has 0 aromatic carbocycles. The van der Waals surface area contributed by atoms with E-state index < -0.39 is 5.91 Å². The molecule has 102 valence electrons. The molecule has 0 spiro atoms.